The lowest BCUT2D eigenvalue weighted by Crippen LogP contribution is -2.58. The second-order valence-corrected chi connectivity index (χ2v) is 4.77. The maximum Gasteiger partial charge on any atom is 0.238 e. The van der Waals surface area contributed by atoms with Gasteiger partial charge in [-0.2, -0.15) is 0 Å². The lowest BCUT2D eigenvalue weighted by molar-refractivity contribution is -0.135. The van der Waals surface area contributed by atoms with E-state index < -0.39 is 6.04 Å². The third-order valence-electron chi connectivity index (χ3n) is 3.33. The molecule has 0 spiro atoms. The quantitative estimate of drug-likeness (QED) is 0.527. The van der Waals surface area contributed by atoms with E-state index in [1.807, 2.05) is 0 Å². The maximum absolute atomic E-state index is 11.8. The van der Waals surface area contributed by atoms with Crippen LogP contribution in [0.5, 0.6) is 0 Å². The minimum atomic E-state index is -0.425. The zero-order chi connectivity index (χ0) is 14.4. The monoisotopic (exact) mass is 284 g/mol. The lowest BCUT2D eigenvalue weighted by Gasteiger charge is -2.27. The van der Waals surface area contributed by atoms with Crippen molar-refractivity contribution in [2.24, 2.45) is 0 Å². The molecule has 0 aromatic carbocycles. The first-order valence-corrected chi connectivity index (χ1v) is 6.80. The van der Waals surface area contributed by atoms with Crippen LogP contribution in [0.1, 0.15) is 6.42 Å². The summed E-state index contributed by atoms with van der Waals surface area (Å²) in [5.74, 6) is -0.283. The van der Waals surface area contributed by atoms with Gasteiger partial charge in [-0.05, 0) is 0 Å². The largest absolute Gasteiger partial charge is 0.378 e. The predicted molar refractivity (Wildman–Crippen MR) is 69.8 cm³/mol. The van der Waals surface area contributed by atoms with E-state index in [1.54, 1.807) is 4.90 Å². The normalized spacial score (nSPS) is 23.1. The lowest BCUT2D eigenvalue weighted by atomic mass is 10.2. The highest BCUT2D eigenvalue weighted by Crippen LogP contribution is 1.99. The number of carbonyl (C=O) groups excluding carboxylic acids is 3. The molecule has 1 unspecified atom stereocenters. The number of piperazine rings is 1. The summed E-state index contributed by atoms with van der Waals surface area (Å²) in [5, 5.41) is 8.15. The van der Waals surface area contributed by atoms with Gasteiger partial charge in [-0.25, -0.2) is 0 Å². The Bertz CT molecular complexity index is 372. The molecule has 112 valence electrons. The molecule has 8 heteroatoms. The number of nitrogens with zero attached hydrogens (tertiary/aromatic N) is 1. The van der Waals surface area contributed by atoms with E-state index in [0.717, 1.165) is 0 Å². The van der Waals surface area contributed by atoms with Crippen LogP contribution in [-0.2, 0) is 19.1 Å². The highest BCUT2D eigenvalue weighted by molar-refractivity contribution is 5.87. The van der Waals surface area contributed by atoms with Crippen molar-refractivity contribution in [2.45, 2.75) is 12.5 Å². The predicted octanol–water partition coefficient (Wildman–Crippen LogP) is -2.56. The van der Waals surface area contributed by atoms with Crippen LogP contribution in [0, 0.1) is 0 Å². The topological polar surface area (TPSA) is 99.8 Å². The molecule has 2 heterocycles. The number of amides is 3. The fourth-order valence-electron chi connectivity index (χ4n) is 2.14. The van der Waals surface area contributed by atoms with Crippen molar-refractivity contribution in [1.82, 2.24) is 20.9 Å². The molecule has 2 aliphatic rings. The van der Waals surface area contributed by atoms with Gasteiger partial charge in [0.1, 0.15) is 6.04 Å². The molecule has 0 aliphatic carbocycles. The minimum Gasteiger partial charge on any atom is -0.378 e. The number of morpholine rings is 1. The van der Waals surface area contributed by atoms with E-state index >= 15 is 0 Å². The molecular weight excluding hydrogens is 264 g/mol. The molecule has 2 saturated heterocycles. The van der Waals surface area contributed by atoms with Crippen LogP contribution in [0.3, 0.4) is 0 Å². The minimum absolute atomic E-state index is 0.0264. The van der Waals surface area contributed by atoms with Crippen molar-refractivity contribution in [3.05, 3.63) is 0 Å². The first-order chi connectivity index (χ1) is 9.66. The summed E-state index contributed by atoms with van der Waals surface area (Å²) in [6.45, 7) is 3.10. The van der Waals surface area contributed by atoms with Crippen molar-refractivity contribution >= 4 is 17.7 Å². The standard InChI is InChI=1S/C12H20N4O4/c17-10-8-14-9(7-15-10)12(19)13-2-1-11(18)16-3-5-20-6-4-16/h9,14H,1-8H2,(H,13,19)(H,15,17). The van der Waals surface area contributed by atoms with E-state index in [4.69, 9.17) is 4.74 Å². The summed E-state index contributed by atoms with van der Waals surface area (Å²) in [5.41, 5.74) is 0. The molecule has 0 aromatic heterocycles. The Hall–Kier alpha value is -1.67. The van der Waals surface area contributed by atoms with E-state index in [2.05, 4.69) is 16.0 Å². The highest BCUT2D eigenvalue weighted by Gasteiger charge is 2.23. The molecule has 0 bridgehead atoms. The summed E-state index contributed by atoms with van der Waals surface area (Å²) in [6.07, 6.45) is 0.283. The summed E-state index contributed by atoms with van der Waals surface area (Å²) < 4.78 is 5.17. The van der Waals surface area contributed by atoms with Gasteiger partial charge in [-0.15, -0.1) is 0 Å². The number of nitrogens with one attached hydrogen (secondary N) is 3. The Morgan fingerprint density at radius 3 is 2.75 bits per heavy atom. The molecule has 2 aliphatic heterocycles. The second kappa shape index (κ2) is 7.20. The number of hydrogen-bond donors (Lipinski definition) is 3. The van der Waals surface area contributed by atoms with Gasteiger partial charge in [-0.1, -0.05) is 0 Å². The molecule has 3 N–H and O–H groups in total. The van der Waals surface area contributed by atoms with Gasteiger partial charge in [0.15, 0.2) is 0 Å². The van der Waals surface area contributed by atoms with Gasteiger partial charge in [-0.3, -0.25) is 19.7 Å². The van der Waals surface area contributed by atoms with Gasteiger partial charge < -0.3 is 20.3 Å². The van der Waals surface area contributed by atoms with E-state index in [0.29, 0.717) is 32.8 Å². The Morgan fingerprint density at radius 1 is 1.35 bits per heavy atom. The maximum atomic E-state index is 11.8. The fraction of sp³-hybridized carbons (Fsp3) is 0.750. The Labute approximate surface area is 117 Å². The van der Waals surface area contributed by atoms with Gasteiger partial charge >= 0.3 is 0 Å². The molecule has 0 radical (unpaired) electrons. The zero-order valence-electron chi connectivity index (χ0n) is 11.3. The van der Waals surface area contributed by atoms with E-state index in [9.17, 15) is 14.4 Å². The van der Waals surface area contributed by atoms with Crippen molar-refractivity contribution in [3.8, 4) is 0 Å². The van der Waals surface area contributed by atoms with Crippen LogP contribution in [0.15, 0.2) is 0 Å². The second-order valence-electron chi connectivity index (χ2n) is 4.77. The first-order valence-electron chi connectivity index (χ1n) is 6.80. The third-order valence-corrected chi connectivity index (χ3v) is 3.33. The van der Waals surface area contributed by atoms with Crippen LogP contribution >= 0.6 is 0 Å². The summed E-state index contributed by atoms with van der Waals surface area (Å²) in [6, 6.07) is -0.425. The summed E-state index contributed by atoms with van der Waals surface area (Å²) >= 11 is 0. The molecule has 8 nitrogen and oxygen atoms in total. The first kappa shape index (κ1) is 14.7. The smallest absolute Gasteiger partial charge is 0.238 e. The van der Waals surface area contributed by atoms with Crippen molar-refractivity contribution in [2.75, 3.05) is 45.9 Å². The van der Waals surface area contributed by atoms with Crippen molar-refractivity contribution < 1.29 is 19.1 Å². The molecule has 0 saturated carbocycles. The molecular formula is C12H20N4O4. The van der Waals surface area contributed by atoms with Gasteiger partial charge in [0.2, 0.25) is 17.7 Å². The number of hydrogen-bond acceptors (Lipinski definition) is 5. The van der Waals surface area contributed by atoms with E-state index in [-0.39, 0.29) is 37.2 Å². The number of ether oxygens (including phenoxy) is 1. The molecule has 2 rings (SSSR count). The van der Waals surface area contributed by atoms with Gasteiger partial charge in [0.05, 0.1) is 19.8 Å². The van der Waals surface area contributed by atoms with Crippen LogP contribution in [0.4, 0.5) is 0 Å². The fourth-order valence-corrected chi connectivity index (χ4v) is 2.14. The number of carbonyl (C=O) groups is 3. The average Bonchev–Trinajstić information content (AvgIpc) is 2.48. The number of rotatable bonds is 4. The zero-order valence-corrected chi connectivity index (χ0v) is 11.3. The molecule has 2 fully saturated rings. The summed E-state index contributed by atoms with van der Waals surface area (Å²) in [4.78, 5) is 36.3. The Morgan fingerprint density at radius 2 is 2.10 bits per heavy atom. The third kappa shape index (κ3) is 4.17. The van der Waals surface area contributed by atoms with Crippen LogP contribution < -0.4 is 16.0 Å². The molecule has 1 atom stereocenters. The average molecular weight is 284 g/mol. The molecule has 20 heavy (non-hydrogen) atoms. The van der Waals surface area contributed by atoms with Gasteiger partial charge in [0.25, 0.3) is 0 Å². The summed E-state index contributed by atoms with van der Waals surface area (Å²) in [7, 11) is 0. The SMILES string of the molecule is O=C1CNC(C(=O)NCCC(=O)N2CCOCC2)CN1. The van der Waals surface area contributed by atoms with Crippen LogP contribution in [0.2, 0.25) is 0 Å². The molecule has 0 aromatic rings. The van der Waals surface area contributed by atoms with Crippen molar-refractivity contribution in [1.29, 1.82) is 0 Å². The van der Waals surface area contributed by atoms with Gasteiger partial charge in [0, 0.05) is 32.6 Å². The molecule has 3 amide bonds. The van der Waals surface area contributed by atoms with Crippen LogP contribution in [0.25, 0.3) is 0 Å². The van der Waals surface area contributed by atoms with E-state index in [1.165, 1.54) is 0 Å². The van der Waals surface area contributed by atoms with Crippen LogP contribution in [-0.4, -0.2) is 74.6 Å². The Kier molecular flexibility index (Phi) is 5.31. The highest BCUT2D eigenvalue weighted by atomic mass is 16.5. The Balaban J connectivity index is 1.63. The van der Waals surface area contributed by atoms with Crippen molar-refractivity contribution in [3.63, 3.8) is 0 Å².